The SMILES string of the molecule is Cn1c(=O)c(C2=NO[C@@H](c3ccccc3)C2)c(O)c2ccccc21. The molecule has 0 saturated carbocycles. The third kappa shape index (κ3) is 2.17. The van der Waals surface area contributed by atoms with Gasteiger partial charge in [0.2, 0.25) is 0 Å². The van der Waals surface area contributed by atoms with E-state index < -0.39 is 0 Å². The zero-order valence-electron chi connectivity index (χ0n) is 13.1. The predicted molar refractivity (Wildman–Crippen MR) is 92.3 cm³/mol. The fourth-order valence-electron chi connectivity index (χ4n) is 3.11. The Hall–Kier alpha value is -3.08. The highest BCUT2D eigenvalue weighted by atomic mass is 16.6. The van der Waals surface area contributed by atoms with E-state index in [4.69, 9.17) is 4.84 Å². The van der Waals surface area contributed by atoms with Crippen LogP contribution in [-0.2, 0) is 11.9 Å². The quantitative estimate of drug-likeness (QED) is 0.789. The van der Waals surface area contributed by atoms with Gasteiger partial charge in [-0.25, -0.2) is 0 Å². The van der Waals surface area contributed by atoms with Gasteiger partial charge in [0.05, 0.1) is 5.52 Å². The van der Waals surface area contributed by atoms with Crippen LogP contribution in [0, 0.1) is 0 Å². The van der Waals surface area contributed by atoms with Crippen LogP contribution >= 0.6 is 0 Å². The van der Waals surface area contributed by atoms with Crippen molar-refractivity contribution in [2.75, 3.05) is 0 Å². The number of aryl methyl sites for hydroxylation is 1. The number of benzene rings is 2. The van der Waals surface area contributed by atoms with Crippen molar-refractivity contribution < 1.29 is 9.94 Å². The maximum atomic E-state index is 12.7. The van der Waals surface area contributed by atoms with Crippen LogP contribution in [-0.4, -0.2) is 15.4 Å². The molecule has 0 aliphatic carbocycles. The van der Waals surface area contributed by atoms with Crippen LogP contribution in [0.15, 0.2) is 64.5 Å². The van der Waals surface area contributed by atoms with Crippen LogP contribution in [0.5, 0.6) is 5.75 Å². The standard InChI is InChI=1S/C19H16N2O3/c1-21-15-10-6-5-9-13(15)18(22)17(19(21)23)14-11-16(24-20-14)12-7-3-2-4-8-12/h2-10,16,22H,11H2,1H3/t16-/m1/s1. The molecule has 1 aromatic heterocycles. The van der Waals surface area contributed by atoms with Crippen LogP contribution in [0.1, 0.15) is 23.7 Å². The Labute approximate surface area is 138 Å². The molecule has 120 valence electrons. The number of pyridine rings is 1. The molecule has 3 aromatic rings. The highest BCUT2D eigenvalue weighted by Crippen LogP contribution is 2.33. The molecule has 5 heteroatoms. The molecule has 0 unspecified atom stereocenters. The molecule has 1 atom stereocenters. The highest BCUT2D eigenvalue weighted by molar-refractivity contribution is 6.07. The van der Waals surface area contributed by atoms with Crippen molar-refractivity contribution >= 4 is 16.6 Å². The lowest BCUT2D eigenvalue weighted by Crippen LogP contribution is -2.24. The molecule has 1 N–H and O–H groups in total. The van der Waals surface area contributed by atoms with E-state index >= 15 is 0 Å². The van der Waals surface area contributed by atoms with Gasteiger partial charge in [-0.05, 0) is 17.7 Å². The topological polar surface area (TPSA) is 63.8 Å². The molecule has 1 aliphatic rings. The van der Waals surface area contributed by atoms with Crippen molar-refractivity contribution in [2.24, 2.45) is 12.2 Å². The first-order valence-electron chi connectivity index (χ1n) is 7.75. The minimum Gasteiger partial charge on any atom is -0.506 e. The zero-order valence-corrected chi connectivity index (χ0v) is 13.1. The van der Waals surface area contributed by atoms with Gasteiger partial charge in [-0.15, -0.1) is 0 Å². The number of fused-ring (bicyclic) bond motifs is 1. The number of para-hydroxylation sites is 1. The molecule has 0 radical (unpaired) electrons. The third-order valence-corrected chi connectivity index (χ3v) is 4.40. The van der Waals surface area contributed by atoms with Gasteiger partial charge in [0.1, 0.15) is 17.0 Å². The molecule has 1 aliphatic heterocycles. The first-order valence-corrected chi connectivity index (χ1v) is 7.75. The maximum absolute atomic E-state index is 12.7. The minimum atomic E-state index is -0.276. The van der Waals surface area contributed by atoms with Gasteiger partial charge < -0.3 is 14.5 Å². The van der Waals surface area contributed by atoms with Crippen molar-refractivity contribution in [2.45, 2.75) is 12.5 Å². The van der Waals surface area contributed by atoms with Gasteiger partial charge >= 0.3 is 0 Å². The Bertz CT molecular complexity index is 1010. The predicted octanol–water partition coefficient (Wildman–Crippen LogP) is 3.11. The number of aromatic hydroxyl groups is 1. The summed E-state index contributed by atoms with van der Waals surface area (Å²) >= 11 is 0. The van der Waals surface area contributed by atoms with E-state index in [9.17, 15) is 9.90 Å². The lowest BCUT2D eigenvalue weighted by atomic mass is 9.99. The van der Waals surface area contributed by atoms with E-state index in [-0.39, 0.29) is 23.0 Å². The summed E-state index contributed by atoms with van der Waals surface area (Å²) in [6, 6.07) is 17.0. The Kier molecular flexibility index (Phi) is 3.34. The lowest BCUT2D eigenvalue weighted by Gasteiger charge is -2.11. The third-order valence-electron chi connectivity index (χ3n) is 4.40. The largest absolute Gasteiger partial charge is 0.506 e. The molecule has 2 heterocycles. The first kappa shape index (κ1) is 14.5. The maximum Gasteiger partial charge on any atom is 0.263 e. The van der Waals surface area contributed by atoms with E-state index in [0.29, 0.717) is 23.0 Å². The highest BCUT2D eigenvalue weighted by Gasteiger charge is 2.28. The average Bonchev–Trinajstić information content (AvgIpc) is 3.10. The molecule has 0 bridgehead atoms. The Morgan fingerprint density at radius 3 is 2.62 bits per heavy atom. The number of oxime groups is 1. The summed E-state index contributed by atoms with van der Waals surface area (Å²) in [5.41, 5.74) is 2.10. The lowest BCUT2D eigenvalue weighted by molar-refractivity contribution is 0.0857. The van der Waals surface area contributed by atoms with Crippen LogP contribution in [0.3, 0.4) is 0 Å². The molecule has 5 nitrogen and oxygen atoms in total. The number of hydrogen-bond acceptors (Lipinski definition) is 4. The molecular weight excluding hydrogens is 304 g/mol. The molecule has 24 heavy (non-hydrogen) atoms. The van der Waals surface area contributed by atoms with Gasteiger partial charge in [0.25, 0.3) is 5.56 Å². The van der Waals surface area contributed by atoms with E-state index in [2.05, 4.69) is 5.16 Å². The van der Waals surface area contributed by atoms with E-state index in [1.54, 1.807) is 19.2 Å². The first-order chi connectivity index (χ1) is 11.7. The van der Waals surface area contributed by atoms with Crippen molar-refractivity contribution in [1.29, 1.82) is 0 Å². The fraction of sp³-hybridized carbons (Fsp3) is 0.158. The molecular formula is C19H16N2O3. The van der Waals surface area contributed by atoms with E-state index in [1.807, 2.05) is 42.5 Å². The van der Waals surface area contributed by atoms with Gasteiger partial charge in [-0.2, -0.15) is 0 Å². The Morgan fingerprint density at radius 1 is 1.12 bits per heavy atom. The number of hydrogen-bond donors (Lipinski definition) is 1. The molecule has 2 aromatic carbocycles. The molecule has 0 saturated heterocycles. The van der Waals surface area contributed by atoms with Gasteiger partial charge in [-0.3, -0.25) is 4.79 Å². The summed E-state index contributed by atoms with van der Waals surface area (Å²) in [4.78, 5) is 18.2. The molecule has 4 rings (SSSR count). The Morgan fingerprint density at radius 2 is 1.83 bits per heavy atom. The molecule has 0 spiro atoms. The number of aromatic nitrogens is 1. The van der Waals surface area contributed by atoms with E-state index in [0.717, 1.165) is 5.56 Å². The van der Waals surface area contributed by atoms with Crippen molar-refractivity contribution in [1.82, 2.24) is 4.57 Å². The van der Waals surface area contributed by atoms with Crippen LogP contribution in [0.2, 0.25) is 0 Å². The number of rotatable bonds is 2. The normalized spacial score (nSPS) is 16.9. The summed E-state index contributed by atoms with van der Waals surface area (Å²) in [5.74, 6) is -0.0373. The van der Waals surface area contributed by atoms with Gasteiger partial charge in [-0.1, -0.05) is 47.6 Å². The zero-order chi connectivity index (χ0) is 16.7. The van der Waals surface area contributed by atoms with Crippen molar-refractivity contribution in [3.05, 3.63) is 76.1 Å². The average molecular weight is 320 g/mol. The van der Waals surface area contributed by atoms with Crippen molar-refractivity contribution in [3.8, 4) is 5.75 Å². The van der Waals surface area contributed by atoms with Crippen LogP contribution in [0.25, 0.3) is 10.9 Å². The van der Waals surface area contributed by atoms with Gasteiger partial charge in [0.15, 0.2) is 6.10 Å². The second-order valence-electron chi connectivity index (χ2n) is 5.85. The molecule has 0 amide bonds. The summed E-state index contributed by atoms with van der Waals surface area (Å²) in [6.07, 6.45) is 0.210. The monoisotopic (exact) mass is 320 g/mol. The second kappa shape index (κ2) is 5.53. The van der Waals surface area contributed by atoms with Gasteiger partial charge in [0, 0.05) is 18.9 Å². The van der Waals surface area contributed by atoms with E-state index in [1.165, 1.54) is 4.57 Å². The minimum absolute atomic E-state index is 0.0373. The Balaban J connectivity index is 1.80. The smallest absolute Gasteiger partial charge is 0.263 e. The van der Waals surface area contributed by atoms with Crippen LogP contribution in [0.4, 0.5) is 0 Å². The summed E-state index contributed by atoms with van der Waals surface area (Å²) < 4.78 is 1.53. The summed E-state index contributed by atoms with van der Waals surface area (Å²) in [5, 5.41) is 15.3. The molecule has 0 fully saturated rings. The van der Waals surface area contributed by atoms with Crippen molar-refractivity contribution in [3.63, 3.8) is 0 Å². The fourth-order valence-corrected chi connectivity index (χ4v) is 3.11. The summed E-state index contributed by atoms with van der Waals surface area (Å²) in [7, 11) is 1.69. The summed E-state index contributed by atoms with van der Waals surface area (Å²) in [6.45, 7) is 0. The second-order valence-corrected chi connectivity index (χ2v) is 5.85. The number of nitrogens with zero attached hydrogens (tertiary/aromatic N) is 2. The van der Waals surface area contributed by atoms with Crippen LogP contribution < -0.4 is 5.56 Å².